The Hall–Kier alpha value is -0.250. The maximum Gasteiger partial charge on any atom is 0.122 e. The van der Waals surface area contributed by atoms with Crippen molar-refractivity contribution in [2.45, 2.75) is 6.42 Å². The molecule has 1 atom stereocenters. The first-order valence-electron chi connectivity index (χ1n) is 4.41. The molecule has 2 N–H and O–H groups in total. The number of benzene rings is 1. The summed E-state index contributed by atoms with van der Waals surface area (Å²) < 4.78 is 6.69. The van der Waals surface area contributed by atoms with Gasteiger partial charge in [0.05, 0.1) is 6.61 Å². The molecule has 2 nitrogen and oxygen atoms in total. The van der Waals surface area contributed by atoms with E-state index in [-0.39, 0.29) is 12.4 Å². The highest BCUT2D eigenvalue weighted by atomic mass is 79.9. The molecule has 0 aromatic heterocycles. The van der Waals surface area contributed by atoms with Gasteiger partial charge in [0.2, 0.25) is 0 Å². The smallest absolute Gasteiger partial charge is 0.122 e. The summed E-state index contributed by atoms with van der Waals surface area (Å²) in [7, 11) is 0. The van der Waals surface area contributed by atoms with Crippen LogP contribution in [0.2, 0.25) is 0 Å². The van der Waals surface area contributed by atoms with Crippen LogP contribution in [0.5, 0.6) is 5.75 Å². The molecule has 1 aliphatic rings. The van der Waals surface area contributed by atoms with Crippen molar-refractivity contribution in [2.75, 3.05) is 13.2 Å². The van der Waals surface area contributed by atoms with Gasteiger partial charge in [0, 0.05) is 10.4 Å². The molecule has 0 spiro atoms. The Morgan fingerprint density at radius 1 is 1.50 bits per heavy atom. The number of hydrogen-bond acceptors (Lipinski definition) is 2. The molecule has 4 heteroatoms. The Morgan fingerprint density at radius 2 is 2.29 bits per heavy atom. The van der Waals surface area contributed by atoms with Gasteiger partial charge in [-0.1, -0.05) is 15.9 Å². The van der Waals surface area contributed by atoms with E-state index in [9.17, 15) is 0 Å². The van der Waals surface area contributed by atoms with Crippen molar-refractivity contribution in [1.82, 2.24) is 0 Å². The molecule has 0 amide bonds. The van der Waals surface area contributed by atoms with Crippen LogP contribution < -0.4 is 10.5 Å². The van der Waals surface area contributed by atoms with E-state index in [4.69, 9.17) is 10.5 Å². The summed E-state index contributed by atoms with van der Waals surface area (Å²) in [6.45, 7) is 1.46. The molecule has 14 heavy (non-hydrogen) atoms. The van der Waals surface area contributed by atoms with Gasteiger partial charge in [-0.15, -0.1) is 12.4 Å². The van der Waals surface area contributed by atoms with Gasteiger partial charge in [0.25, 0.3) is 0 Å². The Kier molecular flexibility index (Phi) is 4.23. The zero-order valence-corrected chi connectivity index (χ0v) is 10.1. The highest BCUT2D eigenvalue weighted by Gasteiger charge is 2.18. The number of halogens is 2. The van der Waals surface area contributed by atoms with Crippen molar-refractivity contribution < 1.29 is 4.74 Å². The average molecular weight is 279 g/mol. The van der Waals surface area contributed by atoms with Gasteiger partial charge in [-0.3, -0.25) is 0 Å². The fraction of sp³-hybridized carbons (Fsp3) is 0.400. The second-order valence-corrected chi connectivity index (χ2v) is 4.28. The van der Waals surface area contributed by atoms with E-state index in [1.54, 1.807) is 0 Å². The van der Waals surface area contributed by atoms with Crippen LogP contribution in [0.3, 0.4) is 0 Å². The van der Waals surface area contributed by atoms with Crippen LogP contribution in [0, 0.1) is 5.92 Å². The number of hydrogen-bond donors (Lipinski definition) is 1. The normalized spacial score (nSPS) is 19.1. The second kappa shape index (κ2) is 5.01. The van der Waals surface area contributed by atoms with Crippen LogP contribution in [0.1, 0.15) is 5.56 Å². The van der Waals surface area contributed by atoms with E-state index in [2.05, 4.69) is 22.0 Å². The molecule has 78 valence electrons. The molecule has 0 aliphatic carbocycles. The fourth-order valence-electron chi connectivity index (χ4n) is 1.58. The molecule has 1 aliphatic heterocycles. The van der Waals surface area contributed by atoms with Crippen molar-refractivity contribution in [1.29, 1.82) is 0 Å². The highest BCUT2D eigenvalue weighted by molar-refractivity contribution is 9.10. The zero-order valence-electron chi connectivity index (χ0n) is 7.70. The third-order valence-corrected chi connectivity index (χ3v) is 2.83. The molecular formula is C10H13BrClNO. The monoisotopic (exact) mass is 277 g/mol. The molecule has 1 heterocycles. The molecular weight excluding hydrogens is 265 g/mol. The van der Waals surface area contributed by atoms with Crippen molar-refractivity contribution in [3.63, 3.8) is 0 Å². The molecule has 0 saturated heterocycles. The van der Waals surface area contributed by atoms with Crippen LogP contribution in [0.15, 0.2) is 22.7 Å². The summed E-state index contributed by atoms with van der Waals surface area (Å²) in [6, 6.07) is 6.12. The Balaban J connectivity index is 0.000000980. The minimum absolute atomic E-state index is 0. The molecule has 1 aromatic carbocycles. The quantitative estimate of drug-likeness (QED) is 0.856. The molecule has 0 saturated carbocycles. The first-order valence-corrected chi connectivity index (χ1v) is 5.20. The number of rotatable bonds is 1. The third-order valence-electron chi connectivity index (χ3n) is 2.34. The Morgan fingerprint density at radius 3 is 3.00 bits per heavy atom. The third kappa shape index (κ3) is 2.41. The van der Waals surface area contributed by atoms with Gasteiger partial charge in [-0.25, -0.2) is 0 Å². The van der Waals surface area contributed by atoms with Gasteiger partial charge in [0.15, 0.2) is 0 Å². The lowest BCUT2D eigenvalue weighted by Crippen LogP contribution is -2.27. The summed E-state index contributed by atoms with van der Waals surface area (Å²) in [4.78, 5) is 0. The lowest BCUT2D eigenvalue weighted by molar-refractivity contribution is 0.226. The van der Waals surface area contributed by atoms with E-state index < -0.39 is 0 Å². The standard InChI is InChI=1S/C10H12BrNO.ClH/c11-9-1-2-10-8(4-9)3-7(5-12)6-13-10;/h1-2,4,7H,3,5-6,12H2;1H. The molecule has 1 unspecified atom stereocenters. The van der Waals surface area contributed by atoms with Crippen molar-refractivity contribution in [2.24, 2.45) is 11.7 Å². The SMILES string of the molecule is Cl.NCC1COc2ccc(Br)cc2C1. The maximum atomic E-state index is 5.61. The van der Waals surface area contributed by atoms with E-state index >= 15 is 0 Å². The predicted molar refractivity (Wildman–Crippen MR) is 63.1 cm³/mol. The van der Waals surface area contributed by atoms with E-state index in [1.807, 2.05) is 12.1 Å². The van der Waals surface area contributed by atoms with Crippen molar-refractivity contribution in [3.8, 4) is 5.75 Å². The molecule has 0 bridgehead atoms. The van der Waals surface area contributed by atoms with Crippen LogP contribution in [0.25, 0.3) is 0 Å². The summed E-state index contributed by atoms with van der Waals surface area (Å²) >= 11 is 3.45. The minimum Gasteiger partial charge on any atom is -0.493 e. The van der Waals surface area contributed by atoms with E-state index in [0.717, 1.165) is 23.2 Å². The van der Waals surface area contributed by atoms with Gasteiger partial charge >= 0.3 is 0 Å². The Labute approximate surface area is 98.4 Å². The van der Waals surface area contributed by atoms with Gasteiger partial charge in [-0.2, -0.15) is 0 Å². The molecule has 1 aromatic rings. The minimum atomic E-state index is 0. The van der Waals surface area contributed by atoms with Crippen LogP contribution in [-0.4, -0.2) is 13.2 Å². The highest BCUT2D eigenvalue weighted by Crippen LogP contribution is 2.29. The maximum absolute atomic E-state index is 5.61. The fourth-order valence-corrected chi connectivity index (χ4v) is 1.99. The van der Waals surface area contributed by atoms with Crippen molar-refractivity contribution >= 4 is 28.3 Å². The summed E-state index contributed by atoms with van der Waals surface area (Å²) in [5.74, 6) is 1.48. The second-order valence-electron chi connectivity index (χ2n) is 3.37. The van der Waals surface area contributed by atoms with Gasteiger partial charge in [0.1, 0.15) is 5.75 Å². The summed E-state index contributed by atoms with van der Waals surface area (Å²) in [5, 5.41) is 0. The number of ether oxygens (including phenoxy) is 1. The number of fused-ring (bicyclic) bond motifs is 1. The van der Waals surface area contributed by atoms with Gasteiger partial charge < -0.3 is 10.5 Å². The van der Waals surface area contributed by atoms with E-state index in [1.165, 1.54) is 5.56 Å². The predicted octanol–water partition coefficient (Wildman–Crippen LogP) is 2.38. The van der Waals surface area contributed by atoms with Crippen LogP contribution in [0.4, 0.5) is 0 Å². The van der Waals surface area contributed by atoms with Crippen LogP contribution in [-0.2, 0) is 6.42 Å². The summed E-state index contributed by atoms with van der Waals surface area (Å²) in [6.07, 6.45) is 1.03. The number of nitrogens with two attached hydrogens (primary N) is 1. The summed E-state index contributed by atoms with van der Waals surface area (Å²) in [5.41, 5.74) is 6.87. The lowest BCUT2D eigenvalue weighted by Gasteiger charge is -2.24. The van der Waals surface area contributed by atoms with Crippen LogP contribution >= 0.6 is 28.3 Å². The largest absolute Gasteiger partial charge is 0.493 e. The molecule has 0 radical (unpaired) electrons. The zero-order chi connectivity index (χ0) is 9.26. The average Bonchev–Trinajstić information content (AvgIpc) is 2.16. The lowest BCUT2D eigenvalue weighted by atomic mass is 9.97. The van der Waals surface area contributed by atoms with Gasteiger partial charge in [-0.05, 0) is 36.7 Å². The molecule has 2 rings (SSSR count). The first-order chi connectivity index (χ1) is 6.29. The topological polar surface area (TPSA) is 35.2 Å². The molecule has 0 fully saturated rings. The first kappa shape index (κ1) is 11.8. The van der Waals surface area contributed by atoms with Crippen molar-refractivity contribution in [3.05, 3.63) is 28.2 Å². The Bertz CT molecular complexity index is 319. The van der Waals surface area contributed by atoms with E-state index in [0.29, 0.717) is 12.5 Å².